The first-order valence-corrected chi connectivity index (χ1v) is 7.11. The number of hydrogen-bond acceptors (Lipinski definition) is 2. The molecule has 0 saturated heterocycles. The van der Waals surface area contributed by atoms with Gasteiger partial charge in [-0.1, -0.05) is 25.3 Å². The number of ether oxygens (including phenoxy) is 2. The van der Waals surface area contributed by atoms with Gasteiger partial charge in [-0.05, 0) is 38.1 Å². The lowest BCUT2D eigenvalue weighted by Gasteiger charge is -2.18. The molecule has 0 aromatic heterocycles. The van der Waals surface area contributed by atoms with Crippen LogP contribution in [0.1, 0.15) is 13.8 Å². The molecular weight excluding hydrogens is 250 g/mol. The van der Waals surface area contributed by atoms with Crippen LogP contribution >= 0.6 is 0 Å². The van der Waals surface area contributed by atoms with Gasteiger partial charge in [-0.3, -0.25) is 0 Å². The van der Waals surface area contributed by atoms with Gasteiger partial charge < -0.3 is 14.4 Å². The molecule has 0 atom stereocenters. The van der Waals surface area contributed by atoms with Crippen molar-refractivity contribution in [2.75, 3.05) is 26.2 Å². The Hall–Kier alpha value is -1.74. The van der Waals surface area contributed by atoms with Gasteiger partial charge in [0.15, 0.2) is 11.5 Å². The number of hydrogen-bond donors (Lipinski definition) is 1. The van der Waals surface area contributed by atoms with E-state index in [0.29, 0.717) is 6.61 Å². The van der Waals surface area contributed by atoms with Crippen molar-refractivity contribution in [2.24, 2.45) is 0 Å². The molecular formula is C17H26NO2+. The second kappa shape index (κ2) is 9.21. The minimum Gasteiger partial charge on any atom is -0.487 e. The zero-order chi connectivity index (χ0) is 14.8. The topological polar surface area (TPSA) is 22.9 Å². The Kier molecular flexibility index (Phi) is 7.51. The molecule has 110 valence electrons. The van der Waals surface area contributed by atoms with Crippen molar-refractivity contribution in [1.29, 1.82) is 0 Å². The Morgan fingerprint density at radius 1 is 1.10 bits per heavy atom. The fourth-order valence-corrected chi connectivity index (χ4v) is 1.92. The third-order valence-electron chi connectivity index (χ3n) is 2.79. The highest BCUT2D eigenvalue weighted by molar-refractivity contribution is 5.39. The molecule has 1 N–H and O–H groups in total. The number of para-hydroxylation sites is 2. The van der Waals surface area contributed by atoms with Gasteiger partial charge in [0, 0.05) is 0 Å². The molecule has 0 fully saturated rings. The maximum absolute atomic E-state index is 5.85. The van der Waals surface area contributed by atoms with E-state index >= 15 is 0 Å². The highest BCUT2D eigenvalue weighted by Gasteiger charge is 2.08. The average molecular weight is 276 g/mol. The summed E-state index contributed by atoms with van der Waals surface area (Å²) in [6, 6.07) is 7.80. The summed E-state index contributed by atoms with van der Waals surface area (Å²) in [5.41, 5.74) is 0. The maximum Gasteiger partial charge on any atom is 0.161 e. The molecule has 0 amide bonds. The van der Waals surface area contributed by atoms with E-state index in [-0.39, 0.29) is 6.10 Å². The quantitative estimate of drug-likeness (QED) is 0.661. The van der Waals surface area contributed by atoms with Crippen molar-refractivity contribution in [2.45, 2.75) is 20.0 Å². The minimum absolute atomic E-state index is 0.142. The second-order valence-corrected chi connectivity index (χ2v) is 4.95. The van der Waals surface area contributed by atoms with Crippen LogP contribution in [0.4, 0.5) is 0 Å². The summed E-state index contributed by atoms with van der Waals surface area (Å²) in [5.74, 6) is 1.61. The van der Waals surface area contributed by atoms with Crippen LogP contribution in [0.3, 0.4) is 0 Å². The van der Waals surface area contributed by atoms with Crippen molar-refractivity contribution in [1.82, 2.24) is 0 Å². The summed E-state index contributed by atoms with van der Waals surface area (Å²) < 4.78 is 11.6. The van der Waals surface area contributed by atoms with E-state index in [9.17, 15) is 0 Å². The number of benzene rings is 1. The SMILES string of the molecule is C=CC[NH+](CC=C)CCOc1ccccc1OC(C)C. The summed E-state index contributed by atoms with van der Waals surface area (Å²) >= 11 is 0. The largest absolute Gasteiger partial charge is 0.487 e. The minimum atomic E-state index is 0.142. The summed E-state index contributed by atoms with van der Waals surface area (Å²) in [5, 5.41) is 0. The van der Waals surface area contributed by atoms with Crippen LogP contribution in [0.2, 0.25) is 0 Å². The Morgan fingerprint density at radius 3 is 2.25 bits per heavy atom. The Balaban J connectivity index is 2.51. The van der Waals surface area contributed by atoms with Crippen molar-refractivity contribution in [3.05, 3.63) is 49.6 Å². The van der Waals surface area contributed by atoms with Gasteiger partial charge in [0.25, 0.3) is 0 Å². The molecule has 1 rings (SSSR count). The Labute approximate surface area is 122 Å². The van der Waals surface area contributed by atoms with Gasteiger partial charge in [-0.25, -0.2) is 0 Å². The molecule has 3 heteroatoms. The van der Waals surface area contributed by atoms with E-state index < -0.39 is 0 Å². The smallest absolute Gasteiger partial charge is 0.161 e. The highest BCUT2D eigenvalue weighted by atomic mass is 16.5. The lowest BCUT2D eigenvalue weighted by Crippen LogP contribution is -3.12. The van der Waals surface area contributed by atoms with Crippen LogP contribution in [0.5, 0.6) is 11.5 Å². The molecule has 3 nitrogen and oxygen atoms in total. The van der Waals surface area contributed by atoms with E-state index in [4.69, 9.17) is 9.47 Å². The van der Waals surface area contributed by atoms with E-state index in [2.05, 4.69) is 13.2 Å². The summed E-state index contributed by atoms with van der Waals surface area (Å²) in [6.45, 7) is 15.0. The first-order valence-electron chi connectivity index (χ1n) is 7.11. The van der Waals surface area contributed by atoms with E-state index in [1.807, 2.05) is 50.3 Å². The van der Waals surface area contributed by atoms with E-state index in [1.54, 1.807) is 0 Å². The van der Waals surface area contributed by atoms with Crippen LogP contribution in [0.15, 0.2) is 49.6 Å². The summed E-state index contributed by atoms with van der Waals surface area (Å²) in [6.07, 6.45) is 3.99. The van der Waals surface area contributed by atoms with Gasteiger partial charge in [-0.15, -0.1) is 0 Å². The molecule has 0 saturated carbocycles. The van der Waals surface area contributed by atoms with Gasteiger partial charge in [0.05, 0.1) is 19.2 Å². The van der Waals surface area contributed by atoms with Crippen molar-refractivity contribution in [3.63, 3.8) is 0 Å². The van der Waals surface area contributed by atoms with Crippen LogP contribution in [-0.2, 0) is 0 Å². The Bertz CT molecular complexity index is 405. The first kappa shape index (κ1) is 16.3. The van der Waals surface area contributed by atoms with Crippen molar-refractivity contribution in [3.8, 4) is 11.5 Å². The van der Waals surface area contributed by atoms with Crippen molar-refractivity contribution >= 4 is 0 Å². The highest BCUT2D eigenvalue weighted by Crippen LogP contribution is 2.27. The second-order valence-electron chi connectivity index (χ2n) is 4.95. The lowest BCUT2D eigenvalue weighted by atomic mass is 10.3. The lowest BCUT2D eigenvalue weighted by molar-refractivity contribution is -0.888. The molecule has 0 bridgehead atoms. The van der Waals surface area contributed by atoms with Crippen LogP contribution in [0, 0.1) is 0 Å². The monoisotopic (exact) mass is 276 g/mol. The molecule has 1 aromatic rings. The molecule has 0 spiro atoms. The van der Waals surface area contributed by atoms with Crippen LogP contribution in [0.25, 0.3) is 0 Å². The van der Waals surface area contributed by atoms with Crippen LogP contribution < -0.4 is 14.4 Å². The molecule has 0 radical (unpaired) electrons. The third kappa shape index (κ3) is 5.93. The fraction of sp³-hybridized carbons (Fsp3) is 0.412. The fourth-order valence-electron chi connectivity index (χ4n) is 1.92. The van der Waals surface area contributed by atoms with Gasteiger partial charge in [-0.2, -0.15) is 0 Å². The van der Waals surface area contributed by atoms with Gasteiger partial charge in [0.1, 0.15) is 13.2 Å². The normalized spacial score (nSPS) is 10.6. The molecule has 20 heavy (non-hydrogen) atoms. The third-order valence-corrected chi connectivity index (χ3v) is 2.79. The van der Waals surface area contributed by atoms with E-state index in [0.717, 1.165) is 31.1 Å². The van der Waals surface area contributed by atoms with Crippen molar-refractivity contribution < 1.29 is 14.4 Å². The number of quaternary nitrogens is 1. The molecule has 0 aliphatic heterocycles. The molecule has 0 heterocycles. The van der Waals surface area contributed by atoms with Gasteiger partial charge >= 0.3 is 0 Å². The zero-order valence-corrected chi connectivity index (χ0v) is 12.6. The first-order chi connectivity index (χ1) is 9.67. The molecule has 0 aliphatic rings. The maximum atomic E-state index is 5.85. The summed E-state index contributed by atoms with van der Waals surface area (Å²) in [7, 11) is 0. The Morgan fingerprint density at radius 2 is 1.70 bits per heavy atom. The van der Waals surface area contributed by atoms with Crippen LogP contribution in [-0.4, -0.2) is 32.3 Å². The molecule has 0 aliphatic carbocycles. The predicted octanol–water partition coefficient (Wildman–Crippen LogP) is 2.11. The predicted molar refractivity (Wildman–Crippen MR) is 83.7 cm³/mol. The number of rotatable bonds is 10. The zero-order valence-electron chi connectivity index (χ0n) is 12.6. The van der Waals surface area contributed by atoms with Gasteiger partial charge in [0.2, 0.25) is 0 Å². The summed E-state index contributed by atoms with van der Waals surface area (Å²) in [4.78, 5) is 1.39. The standard InChI is InChI=1S/C17H25NO2/c1-5-11-18(12-6-2)13-14-19-16-9-7-8-10-17(16)20-15(3)4/h5-10,15H,1-2,11-14H2,3-4H3/p+1. The molecule has 1 aromatic carbocycles. The number of nitrogens with one attached hydrogen (secondary N) is 1. The molecule has 0 unspecified atom stereocenters. The van der Waals surface area contributed by atoms with E-state index in [1.165, 1.54) is 4.90 Å². The average Bonchev–Trinajstić information content (AvgIpc) is 2.40.